The highest BCUT2D eigenvalue weighted by Crippen LogP contribution is 2.24. The molecule has 0 aliphatic carbocycles. The van der Waals surface area contributed by atoms with Crippen LogP contribution in [0.1, 0.15) is 31.9 Å². The zero-order valence-corrected chi connectivity index (χ0v) is 11.9. The van der Waals surface area contributed by atoms with Gasteiger partial charge in [-0.1, -0.05) is 25.9 Å². The van der Waals surface area contributed by atoms with Crippen LogP contribution in [0.5, 0.6) is 0 Å². The van der Waals surface area contributed by atoms with Crippen LogP contribution in [0, 0.1) is 12.3 Å². The van der Waals surface area contributed by atoms with Crippen molar-refractivity contribution >= 4 is 11.5 Å². The molecule has 0 aromatic heterocycles. The standard InChI is InChI=1S/C14H23N3O/c1-10-8-11(13(15)16-18)6-7-12(10)17(5)9-14(2,3)4/h6-8,18H,9H2,1-5H3,(H2,15,16). The first kappa shape index (κ1) is 14.4. The van der Waals surface area contributed by atoms with Crippen molar-refractivity contribution in [2.24, 2.45) is 16.3 Å². The molecule has 0 heterocycles. The van der Waals surface area contributed by atoms with Crippen LogP contribution in [0.4, 0.5) is 5.69 Å². The van der Waals surface area contributed by atoms with E-state index >= 15 is 0 Å². The van der Waals surface area contributed by atoms with Crippen LogP contribution < -0.4 is 10.6 Å². The molecule has 1 rings (SSSR count). The van der Waals surface area contributed by atoms with Crippen LogP contribution in [-0.4, -0.2) is 24.6 Å². The van der Waals surface area contributed by atoms with Gasteiger partial charge in [0.15, 0.2) is 5.84 Å². The number of nitrogens with two attached hydrogens (primary N) is 1. The molecule has 3 N–H and O–H groups in total. The van der Waals surface area contributed by atoms with Crippen LogP contribution in [0.15, 0.2) is 23.4 Å². The van der Waals surface area contributed by atoms with Crippen molar-refractivity contribution < 1.29 is 5.21 Å². The second-order valence-corrected chi connectivity index (χ2v) is 5.90. The molecule has 0 spiro atoms. The maximum atomic E-state index is 8.66. The van der Waals surface area contributed by atoms with Gasteiger partial charge in [-0.3, -0.25) is 0 Å². The van der Waals surface area contributed by atoms with Gasteiger partial charge in [0.25, 0.3) is 0 Å². The fourth-order valence-corrected chi connectivity index (χ4v) is 2.10. The van der Waals surface area contributed by atoms with E-state index in [-0.39, 0.29) is 11.3 Å². The van der Waals surface area contributed by atoms with E-state index in [1.165, 1.54) is 5.69 Å². The van der Waals surface area contributed by atoms with Crippen molar-refractivity contribution in [3.8, 4) is 0 Å². The smallest absolute Gasteiger partial charge is 0.170 e. The van der Waals surface area contributed by atoms with Crippen molar-refractivity contribution in [2.45, 2.75) is 27.7 Å². The molecule has 4 nitrogen and oxygen atoms in total. The second-order valence-electron chi connectivity index (χ2n) is 5.90. The molecule has 0 atom stereocenters. The van der Waals surface area contributed by atoms with Crippen LogP contribution in [-0.2, 0) is 0 Å². The molecule has 0 radical (unpaired) electrons. The predicted molar refractivity (Wildman–Crippen MR) is 76.4 cm³/mol. The zero-order chi connectivity index (χ0) is 13.9. The van der Waals surface area contributed by atoms with E-state index in [0.29, 0.717) is 0 Å². The van der Waals surface area contributed by atoms with Crippen molar-refractivity contribution in [1.82, 2.24) is 0 Å². The SMILES string of the molecule is Cc1cc(C(N)=NO)ccc1N(C)CC(C)(C)C. The van der Waals surface area contributed by atoms with Gasteiger partial charge < -0.3 is 15.8 Å². The molecule has 0 amide bonds. The summed E-state index contributed by atoms with van der Waals surface area (Å²) in [6.07, 6.45) is 0. The van der Waals surface area contributed by atoms with Gasteiger partial charge in [0.1, 0.15) is 0 Å². The summed E-state index contributed by atoms with van der Waals surface area (Å²) in [5.41, 5.74) is 8.84. The van der Waals surface area contributed by atoms with Gasteiger partial charge in [-0.15, -0.1) is 0 Å². The number of oxime groups is 1. The predicted octanol–water partition coefficient (Wildman–Crippen LogP) is 2.57. The minimum absolute atomic E-state index is 0.142. The van der Waals surface area contributed by atoms with Crippen LogP contribution in [0.25, 0.3) is 0 Å². The topological polar surface area (TPSA) is 61.9 Å². The van der Waals surface area contributed by atoms with Gasteiger partial charge in [0, 0.05) is 24.8 Å². The van der Waals surface area contributed by atoms with E-state index in [2.05, 4.69) is 37.9 Å². The first-order chi connectivity index (χ1) is 8.24. The van der Waals surface area contributed by atoms with Gasteiger partial charge in [0.05, 0.1) is 0 Å². The third-order valence-electron chi connectivity index (χ3n) is 2.72. The Hall–Kier alpha value is -1.71. The molecule has 0 aliphatic heterocycles. The first-order valence-electron chi connectivity index (χ1n) is 6.04. The highest BCUT2D eigenvalue weighted by Gasteiger charge is 2.15. The Morgan fingerprint density at radius 1 is 1.39 bits per heavy atom. The zero-order valence-electron chi connectivity index (χ0n) is 11.9. The number of rotatable bonds is 3. The third kappa shape index (κ3) is 3.65. The Balaban J connectivity index is 2.99. The number of anilines is 1. The number of benzene rings is 1. The van der Waals surface area contributed by atoms with Crippen molar-refractivity contribution in [2.75, 3.05) is 18.5 Å². The Kier molecular flexibility index (Phi) is 4.22. The highest BCUT2D eigenvalue weighted by atomic mass is 16.4. The normalized spacial score (nSPS) is 12.6. The lowest BCUT2D eigenvalue weighted by molar-refractivity contribution is 0.318. The van der Waals surface area contributed by atoms with Crippen molar-refractivity contribution in [3.05, 3.63) is 29.3 Å². The quantitative estimate of drug-likeness (QED) is 0.374. The number of nitrogens with zero attached hydrogens (tertiary/aromatic N) is 2. The molecule has 1 aromatic rings. The van der Waals surface area contributed by atoms with Gasteiger partial charge in [0.2, 0.25) is 0 Å². The van der Waals surface area contributed by atoms with Gasteiger partial charge in [-0.2, -0.15) is 0 Å². The fourth-order valence-electron chi connectivity index (χ4n) is 2.10. The molecule has 0 unspecified atom stereocenters. The minimum Gasteiger partial charge on any atom is -0.409 e. The van der Waals surface area contributed by atoms with Gasteiger partial charge >= 0.3 is 0 Å². The average molecular weight is 249 g/mol. The summed E-state index contributed by atoms with van der Waals surface area (Å²) in [6.45, 7) is 9.64. The molecule has 0 aliphatic rings. The summed E-state index contributed by atoms with van der Waals surface area (Å²) in [4.78, 5) is 2.23. The molecule has 0 fully saturated rings. The van der Waals surface area contributed by atoms with E-state index in [0.717, 1.165) is 17.7 Å². The molecule has 0 saturated carbocycles. The lowest BCUT2D eigenvalue weighted by Gasteiger charge is -2.29. The lowest BCUT2D eigenvalue weighted by atomic mass is 9.95. The maximum Gasteiger partial charge on any atom is 0.170 e. The van der Waals surface area contributed by atoms with Crippen LogP contribution >= 0.6 is 0 Å². The third-order valence-corrected chi connectivity index (χ3v) is 2.72. The summed E-state index contributed by atoms with van der Waals surface area (Å²) in [5, 5.41) is 11.7. The molecular formula is C14H23N3O. The van der Waals surface area contributed by atoms with Crippen LogP contribution in [0.3, 0.4) is 0 Å². The molecule has 0 bridgehead atoms. The van der Waals surface area contributed by atoms with E-state index in [4.69, 9.17) is 10.9 Å². The summed E-state index contributed by atoms with van der Waals surface area (Å²) >= 11 is 0. The fraction of sp³-hybridized carbons (Fsp3) is 0.500. The maximum absolute atomic E-state index is 8.66. The largest absolute Gasteiger partial charge is 0.409 e. The molecule has 100 valence electrons. The molecule has 18 heavy (non-hydrogen) atoms. The summed E-state index contributed by atoms with van der Waals surface area (Å²) in [7, 11) is 2.08. The van der Waals surface area contributed by atoms with E-state index in [9.17, 15) is 0 Å². The number of aryl methyl sites for hydroxylation is 1. The highest BCUT2D eigenvalue weighted by molar-refractivity contribution is 5.97. The van der Waals surface area contributed by atoms with Gasteiger partial charge in [-0.05, 0) is 36.1 Å². The van der Waals surface area contributed by atoms with Crippen LogP contribution in [0.2, 0.25) is 0 Å². The van der Waals surface area contributed by atoms with Crippen molar-refractivity contribution in [1.29, 1.82) is 0 Å². The van der Waals surface area contributed by atoms with Crippen molar-refractivity contribution in [3.63, 3.8) is 0 Å². The second kappa shape index (κ2) is 5.29. The van der Waals surface area contributed by atoms with E-state index in [1.54, 1.807) is 0 Å². The number of hydrogen-bond donors (Lipinski definition) is 2. The Morgan fingerprint density at radius 2 is 2.00 bits per heavy atom. The Bertz CT molecular complexity index is 447. The average Bonchev–Trinajstić information content (AvgIpc) is 2.25. The summed E-state index contributed by atoms with van der Waals surface area (Å²) in [5.74, 6) is 0.142. The molecule has 0 saturated heterocycles. The lowest BCUT2D eigenvalue weighted by Crippen LogP contribution is -2.29. The van der Waals surface area contributed by atoms with E-state index < -0.39 is 0 Å². The molecular weight excluding hydrogens is 226 g/mol. The van der Waals surface area contributed by atoms with Gasteiger partial charge in [-0.25, -0.2) is 0 Å². The summed E-state index contributed by atoms with van der Waals surface area (Å²) < 4.78 is 0. The molecule has 1 aromatic carbocycles. The summed E-state index contributed by atoms with van der Waals surface area (Å²) in [6, 6.07) is 5.81. The minimum atomic E-state index is 0.142. The molecule has 4 heteroatoms. The van der Waals surface area contributed by atoms with E-state index in [1.807, 2.05) is 25.1 Å². The number of hydrogen-bond acceptors (Lipinski definition) is 3. The first-order valence-corrected chi connectivity index (χ1v) is 6.04. The Labute approximate surface area is 109 Å². The number of amidine groups is 1. The monoisotopic (exact) mass is 249 g/mol. The Morgan fingerprint density at radius 3 is 2.44 bits per heavy atom.